The lowest BCUT2D eigenvalue weighted by molar-refractivity contribution is -0.143. The zero-order chi connectivity index (χ0) is 19.4. The van der Waals surface area contributed by atoms with Crippen LogP contribution < -0.4 is 4.74 Å². The highest BCUT2D eigenvalue weighted by Crippen LogP contribution is 2.38. The van der Waals surface area contributed by atoms with E-state index in [1.807, 2.05) is 25.1 Å². The molecular formula is C22H26ClNO3. The van der Waals surface area contributed by atoms with E-state index in [0.29, 0.717) is 24.5 Å². The first-order valence-electron chi connectivity index (χ1n) is 9.45. The molecule has 2 aromatic rings. The van der Waals surface area contributed by atoms with Gasteiger partial charge in [0.2, 0.25) is 0 Å². The fraction of sp³-hybridized carbons (Fsp3) is 0.409. The highest BCUT2D eigenvalue weighted by Gasteiger charge is 2.31. The maximum Gasteiger partial charge on any atom is 0.306 e. The molecule has 0 aliphatic carbocycles. The molecule has 1 atom stereocenters. The summed E-state index contributed by atoms with van der Waals surface area (Å²) in [6.45, 7) is 6.09. The number of rotatable bonds is 6. The summed E-state index contributed by atoms with van der Waals surface area (Å²) in [5.74, 6) is -0.126. The van der Waals surface area contributed by atoms with Crippen LogP contribution >= 0.6 is 11.6 Å². The van der Waals surface area contributed by atoms with Crippen LogP contribution in [-0.4, -0.2) is 35.7 Å². The first-order chi connectivity index (χ1) is 13.0. The van der Waals surface area contributed by atoms with Gasteiger partial charge in [0.1, 0.15) is 5.75 Å². The maximum absolute atomic E-state index is 11.3. The zero-order valence-electron chi connectivity index (χ0n) is 15.8. The van der Waals surface area contributed by atoms with Crippen LogP contribution in [-0.2, 0) is 4.79 Å². The molecule has 1 N–H and O–H groups in total. The monoisotopic (exact) mass is 387 g/mol. The van der Waals surface area contributed by atoms with Crippen molar-refractivity contribution in [2.24, 2.45) is 5.92 Å². The van der Waals surface area contributed by atoms with Gasteiger partial charge in [-0.1, -0.05) is 41.4 Å². The van der Waals surface area contributed by atoms with Crippen LogP contribution in [0.1, 0.15) is 42.5 Å². The van der Waals surface area contributed by atoms with E-state index in [2.05, 4.69) is 36.1 Å². The summed E-state index contributed by atoms with van der Waals surface area (Å²) >= 11 is 6.33. The van der Waals surface area contributed by atoms with Gasteiger partial charge >= 0.3 is 5.97 Å². The second-order valence-electron chi connectivity index (χ2n) is 7.08. The number of nitrogens with zero attached hydrogens (tertiary/aromatic N) is 1. The molecule has 144 valence electrons. The SMILES string of the molecule is CCOc1ccc(Cl)cc1C(c1cccc(C)c1)N1CCC(C(=O)O)CC1. The second kappa shape index (κ2) is 8.77. The van der Waals surface area contributed by atoms with E-state index < -0.39 is 5.97 Å². The summed E-state index contributed by atoms with van der Waals surface area (Å²) in [5, 5.41) is 10.0. The third-order valence-electron chi connectivity index (χ3n) is 5.17. The Hall–Kier alpha value is -2.04. The molecule has 3 rings (SSSR count). The van der Waals surface area contributed by atoms with Crippen molar-refractivity contribution in [2.45, 2.75) is 32.7 Å². The molecule has 1 heterocycles. The Balaban J connectivity index is 2.02. The number of carbonyl (C=O) groups is 1. The Morgan fingerprint density at radius 1 is 1.26 bits per heavy atom. The first kappa shape index (κ1) is 19.7. The van der Waals surface area contributed by atoms with Crippen LogP contribution in [0.5, 0.6) is 5.75 Å². The largest absolute Gasteiger partial charge is 0.494 e. The van der Waals surface area contributed by atoms with Crippen molar-refractivity contribution in [3.05, 3.63) is 64.2 Å². The van der Waals surface area contributed by atoms with Crippen molar-refractivity contribution in [1.82, 2.24) is 4.90 Å². The third kappa shape index (κ3) is 4.63. The van der Waals surface area contributed by atoms with Crippen molar-refractivity contribution < 1.29 is 14.6 Å². The molecule has 1 aliphatic heterocycles. The Morgan fingerprint density at radius 3 is 2.63 bits per heavy atom. The molecule has 0 spiro atoms. The molecule has 1 aliphatic rings. The number of hydrogen-bond donors (Lipinski definition) is 1. The summed E-state index contributed by atoms with van der Waals surface area (Å²) < 4.78 is 5.90. The van der Waals surface area contributed by atoms with Crippen molar-refractivity contribution in [3.63, 3.8) is 0 Å². The summed E-state index contributed by atoms with van der Waals surface area (Å²) in [5.41, 5.74) is 3.40. The molecule has 0 radical (unpaired) electrons. The quantitative estimate of drug-likeness (QED) is 0.763. The van der Waals surface area contributed by atoms with E-state index in [-0.39, 0.29) is 12.0 Å². The van der Waals surface area contributed by atoms with Crippen LogP contribution in [0.3, 0.4) is 0 Å². The number of ether oxygens (including phenoxy) is 1. The molecule has 4 nitrogen and oxygen atoms in total. The van der Waals surface area contributed by atoms with Gasteiger partial charge in [0.05, 0.1) is 18.6 Å². The molecule has 1 saturated heterocycles. The Kier molecular flexibility index (Phi) is 6.40. The van der Waals surface area contributed by atoms with E-state index in [9.17, 15) is 9.90 Å². The average molecular weight is 388 g/mol. The summed E-state index contributed by atoms with van der Waals surface area (Å²) in [7, 11) is 0. The lowest BCUT2D eigenvalue weighted by Gasteiger charge is -2.37. The number of carboxylic acids is 1. The third-order valence-corrected chi connectivity index (χ3v) is 5.40. The molecule has 1 unspecified atom stereocenters. The number of hydrogen-bond acceptors (Lipinski definition) is 3. The Morgan fingerprint density at radius 2 is 2.00 bits per heavy atom. The highest BCUT2D eigenvalue weighted by atomic mass is 35.5. The predicted molar refractivity (Wildman–Crippen MR) is 108 cm³/mol. The molecular weight excluding hydrogens is 362 g/mol. The molecule has 0 saturated carbocycles. The maximum atomic E-state index is 11.3. The summed E-state index contributed by atoms with van der Waals surface area (Å²) in [6, 6.07) is 14.2. The van der Waals surface area contributed by atoms with Crippen LogP contribution in [0.25, 0.3) is 0 Å². The number of aryl methyl sites for hydroxylation is 1. The van der Waals surface area contributed by atoms with Crippen molar-refractivity contribution in [2.75, 3.05) is 19.7 Å². The van der Waals surface area contributed by atoms with Gasteiger partial charge in [0, 0.05) is 10.6 Å². The molecule has 0 aromatic heterocycles. The lowest BCUT2D eigenvalue weighted by atomic mass is 9.90. The van der Waals surface area contributed by atoms with Gasteiger partial charge in [-0.2, -0.15) is 0 Å². The zero-order valence-corrected chi connectivity index (χ0v) is 16.6. The summed E-state index contributed by atoms with van der Waals surface area (Å²) in [4.78, 5) is 13.7. The van der Waals surface area contributed by atoms with Gasteiger partial charge in [0.15, 0.2) is 0 Å². The standard InChI is InChI=1S/C22H26ClNO3/c1-3-27-20-8-7-18(23)14-19(20)21(17-6-4-5-15(2)13-17)24-11-9-16(10-12-24)22(25)26/h4-8,13-14,16,21H,3,9-12H2,1-2H3,(H,25,26). The number of aliphatic carboxylic acids is 1. The van der Waals surface area contributed by atoms with Gasteiger partial charge in [-0.05, 0) is 63.5 Å². The minimum Gasteiger partial charge on any atom is -0.494 e. The van der Waals surface area contributed by atoms with Crippen molar-refractivity contribution >= 4 is 17.6 Å². The van der Waals surface area contributed by atoms with E-state index in [1.54, 1.807) is 0 Å². The van der Waals surface area contributed by atoms with Crippen molar-refractivity contribution in [3.8, 4) is 5.75 Å². The van der Waals surface area contributed by atoms with Crippen LogP contribution in [0.15, 0.2) is 42.5 Å². The number of likely N-dealkylation sites (tertiary alicyclic amines) is 1. The second-order valence-corrected chi connectivity index (χ2v) is 7.52. The van der Waals surface area contributed by atoms with Crippen LogP contribution in [0.4, 0.5) is 0 Å². The van der Waals surface area contributed by atoms with E-state index >= 15 is 0 Å². The van der Waals surface area contributed by atoms with Gasteiger partial charge in [-0.25, -0.2) is 0 Å². The Labute approximate surface area is 165 Å². The summed E-state index contributed by atoms with van der Waals surface area (Å²) in [6.07, 6.45) is 1.31. The smallest absolute Gasteiger partial charge is 0.306 e. The first-order valence-corrected chi connectivity index (χ1v) is 9.83. The molecule has 5 heteroatoms. The lowest BCUT2D eigenvalue weighted by Crippen LogP contribution is -2.39. The molecule has 27 heavy (non-hydrogen) atoms. The highest BCUT2D eigenvalue weighted by molar-refractivity contribution is 6.30. The molecule has 0 amide bonds. The minimum atomic E-state index is -0.695. The van der Waals surface area contributed by atoms with Gasteiger partial charge in [0.25, 0.3) is 0 Å². The topological polar surface area (TPSA) is 49.8 Å². The number of halogens is 1. The predicted octanol–water partition coefficient (Wildman–Crippen LogP) is 4.93. The molecule has 2 aromatic carbocycles. The van der Waals surface area contributed by atoms with Gasteiger partial charge < -0.3 is 9.84 Å². The van der Waals surface area contributed by atoms with Crippen molar-refractivity contribution in [1.29, 1.82) is 0 Å². The van der Waals surface area contributed by atoms with Crippen LogP contribution in [0, 0.1) is 12.8 Å². The number of piperidine rings is 1. The molecule has 1 fully saturated rings. The number of carboxylic acid groups (broad SMARTS) is 1. The molecule has 0 bridgehead atoms. The fourth-order valence-electron chi connectivity index (χ4n) is 3.85. The van der Waals surface area contributed by atoms with Gasteiger partial charge in [-0.15, -0.1) is 0 Å². The van der Waals surface area contributed by atoms with E-state index in [0.717, 1.165) is 24.4 Å². The fourth-order valence-corrected chi connectivity index (χ4v) is 4.03. The normalized spacial score (nSPS) is 16.9. The van der Waals surface area contributed by atoms with Crippen LogP contribution in [0.2, 0.25) is 5.02 Å². The minimum absolute atomic E-state index is 0.0140. The van der Waals surface area contributed by atoms with Gasteiger partial charge in [-0.3, -0.25) is 9.69 Å². The number of benzene rings is 2. The average Bonchev–Trinajstić information content (AvgIpc) is 2.65. The van der Waals surface area contributed by atoms with E-state index in [4.69, 9.17) is 16.3 Å². The van der Waals surface area contributed by atoms with E-state index in [1.165, 1.54) is 11.1 Å². The Bertz CT molecular complexity index is 800.